The number of nitrogens with zero attached hydrogens (tertiary/aromatic N) is 4. The molecule has 0 fully saturated rings. The Morgan fingerprint density at radius 1 is 1.48 bits per heavy atom. The molecule has 0 aliphatic carbocycles. The van der Waals surface area contributed by atoms with E-state index in [1.165, 1.54) is 33.6 Å². The maximum atomic E-state index is 12.1. The van der Waals surface area contributed by atoms with Crippen molar-refractivity contribution in [3.63, 3.8) is 0 Å². The predicted octanol–water partition coefficient (Wildman–Crippen LogP) is 2.80. The molecule has 0 bridgehead atoms. The molecule has 0 aliphatic heterocycles. The van der Waals surface area contributed by atoms with E-state index in [0.717, 1.165) is 6.42 Å². The van der Waals surface area contributed by atoms with Gasteiger partial charge in [0.1, 0.15) is 5.82 Å². The number of aromatic nitrogens is 4. The maximum Gasteiger partial charge on any atom is 0.258 e. The van der Waals surface area contributed by atoms with Crippen molar-refractivity contribution in [2.75, 3.05) is 11.1 Å². The van der Waals surface area contributed by atoms with Gasteiger partial charge in [-0.3, -0.25) is 14.0 Å². The third kappa shape index (κ3) is 4.10. The Labute approximate surface area is 153 Å². The highest BCUT2D eigenvalue weighted by Gasteiger charge is 2.11. The summed E-state index contributed by atoms with van der Waals surface area (Å²) in [6.07, 6.45) is 4.33. The maximum absolute atomic E-state index is 12.1. The molecule has 132 valence electrons. The van der Waals surface area contributed by atoms with E-state index in [1.54, 1.807) is 18.5 Å². The van der Waals surface area contributed by atoms with Crippen LogP contribution in [0, 0.1) is 0 Å². The first-order valence-electron chi connectivity index (χ1n) is 7.95. The number of nitrogens with one attached hydrogen (secondary N) is 1. The van der Waals surface area contributed by atoms with Gasteiger partial charge in [0.15, 0.2) is 4.96 Å². The van der Waals surface area contributed by atoms with E-state index in [9.17, 15) is 9.59 Å². The summed E-state index contributed by atoms with van der Waals surface area (Å²) in [5.74, 6) is 1.42. The van der Waals surface area contributed by atoms with Gasteiger partial charge in [-0.2, -0.15) is 5.10 Å². The summed E-state index contributed by atoms with van der Waals surface area (Å²) in [4.78, 5) is 29.2. The molecule has 0 aromatic carbocycles. The predicted molar refractivity (Wildman–Crippen MR) is 101 cm³/mol. The molecule has 1 atom stereocenters. The summed E-state index contributed by atoms with van der Waals surface area (Å²) in [6.45, 7) is 4.14. The van der Waals surface area contributed by atoms with Crippen LogP contribution in [0.3, 0.4) is 0 Å². The SMILES string of the molecule is CCC(C)n1nccc1NC(=O)CSCc1cc(=O)n2ccsc2n1. The summed E-state index contributed by atoms with van der Waals surface area (Å²) >= 11 is 2.85. The van der Waals surface area contributed by atoms with Crippen LogP contribution in [-0.2, 0) is 10.5 Å². The molecule has 3 heterocycles. The number of hydrogen-bond donors (Lipinski definition) is 1. The van der Waals surface area contributed by atoms with E-state index < -0.39 is 0 Å². The molecule has 0 saturated carbocycles. The summed E-state index contributed by atoms with van der Waals surface area (Å²) < 4.78 is 3.33. The van der Waals surface area contributed by atoms with E-state index in [-0.39, 0.29) is 23.3 Å². The summed E-state index contributed by atoms with van der Waals surface area (Å²) in [5.41, 5.74) is 0.596. The van der Waals surface area contributed by atoms with Crippen LogP contribution in [0.1, 0.15) is 32.0 Å². The van der Waals surface area contributed by atoms with Gasteiger partial charge in [-0.15, -0.1) is 23.1 Å². The minimum Gasteiger partial charge on any atom is -0.310 e. The third-order valence-corrected chi connectivity index (χ3v) is 5.51. The fourth-order valence-electron chi connectivity index (χ4n) is 2.33. The van der Waals surface area contributed by atoms with E-state index in [1.807, 2.05) is 10.1 Å². The first-order valence-corrected chi connectivity index (χ1v) is 9.98. The minimum absolute atomic E-state index is 0.0935. The van der Waals surface area contributed by atoms with E-state index >= 15 is 0 Å². The topological polar surface area (TPSA) is 81.3 Å². The summed E-state index contributed by atoms with van der Waals surface area (Å²) in [5, 5.41) is 8.96. The molecule has 1 amide bonds. The molecule has 1 unspecified atom stereocenters. The summed E-state index contributed by atoms with van der Waals surface area (Å²) in [7, 11) is 0. The van der Waals surface area contributed by atoms with Crippen LogP contribution >= 0.6 is 23.1 Å². The molecule has 7 nitrogen and oxygen atoms in total. The number of hydrogen-bond acceptors (Lipinski definition) is 6. The van der Waals surface area contributed by atoms with Crippen molar-refractivity contribution in [1.29, 1.82) is 0 Å². The van der Waals surface area contributed by atoms with E-state index in [2.05, 4.69) is 29.2 Å². The fourth-order valence-corrected chi connectivity index (χ4v) is 3.78. The number of carbonyl (C=O) groups excluding carboxylic acids is 1. The standard InChI is InChI=1S/C16H19N5O2S2/c1-3-11(2)21-13(4-5-17-21)19-14(22)10-24-9-12-8-15(23)20-6-7-25-16(20)18-12/h4-8,11H,3,9-10H2,1-2H3,(H,19,22). The van der Waals surface area contributed by atoms with Crippen LogP contribution in [0.2, 0.25) is 0 Å². The Balaban J connectivity index is 1.55. The van der Waals surface area contributed by atoms with E-state index in [4.69, 9.17) is 0 Å². The van der Waals surface area contributed by atoms with Crippen LogP contribution in [0.25, 0.3) is 4.96 Å². The Bertz CT molecular complexity index is 930. The molecule has 3 rings (SSSR count). The Morgan fingerprint density at radius 3 is 3.12 bits per heavy atom. The van der Waals surface area contributed by atoms with Gasteiger partial charge in [0.25, 0.3) is 5.56 Å². The zero-order valence-electron chi connectivity index (χ0n) is 14.0. The van der Waals surface area contributed by atoms with Crippen LogP contribution in [0.15, 0.2) is 34.7 Å². The highest BCUT2D eigenvalue weighted by molar-refractivity contribution is 7.99. The summed E-state index contributed by atoms with van der Waals surface area (Å²) in [6, 6.07) is 3.54. The zero-order chi connectivity index (χ0) is 17.8. The fraction of sp³-hybridized carbons (Fsp3) is 0.375. The van der Waals surface area contributed by atoms with Gasteiger partial charge in [-0.1, -0.05) is 6.92 Å². The number of amides is 1. The molecule has 1 N–H and O–H groups in total. The van der Waals surface area contributed by atoms with Gasteiger partial charge in [0.2, 0.25) is 5.91 Å². The molecule has 0 radical (unpaired) electrons. The Kier molecular flexibility index (Phi) is 5.54. The normalized spacial score (nSPS) is 12.4. The average molecular weight is 377 g/mol. The number of thiazole rings is 1. The second-order valence-corrected chi connectivity index (χ2v) is 7.46. The minimum atomic E-state index is -0.0937. The molecular weight excluding hydrogens is 358 g/mol. The largest absolute Gasteiger partial charge is 0.310 e. The first kappa shape index (κ1) is 17.7. The lowest BCUT2D eigenvalue weighted by Crippen LogP contribution is -2.19. The molecule has 3 aromatic rings. The lowest BCUT2D eigenvalue weighted by Gasteiger charge is -2.14. The molecule has 0 spiro atoms. The smallest absolute Gasteiger partial charge is 0.258 e. The van der Waals surface area contributed by atoms with Crippen LogP contribution in [-0.4, -0.2) is 30.8 Å². The van der Waals surface area contributed by atoms with Crippen molar-refractivity contribution in [3.05, 3.63) is 46.0 Å². The Hall–Kier alpha value is -2.13. The van der Waals surface area contributed by atoms with Gasteiger partial charge in [0, 0.05) is 29.5 Å². The molecule has 3 aromatic heterocycles. The highest BCUT2D eigenvalue weighted by atomic mass is 32.2. The lowest BCUT2D eigenvalue weighted by molar-refractivity contribution is -0.113. The molecule has 9 heteroatoms. The molecule has 0 saturated heterocycles. The second kappa shape index (κ2) is 7.83. The van der Waals surface area contributed by atoms with Crippen molar-refractivity contribution in [2.45, 2.75) is 32.1 Å². The van der Waals surface area contributed by atoms with Crippen molar-refractivity contribution >= 4 is 39.8 Å². The average Bonchev–Trinajstić information content (AvgIpc) is 3.23. The van der Waals surface area contributed by atoms with Crippen LogP contribution in [0.4, 0.5) is 5.82 Å². The molecular formula is C16H19N5O2S2. The van der Waals surface area contributed by atoms with Crippen molar-refractivity contribution in [2.24, 2.45) is 0 Å². The van der Waals surface area contributed by atoms with Gasteiger partial charge < -0.3 is 5.32 Å². The highest BCUT2D eigenvalue weighted by Crippen LogP contribution is 2.17. The van der Waals surface area contributed by atoms with Gasteiger partial charge in [-0.25, -0.2) is 9.67 Å². The zero-order valence-corrected chi connectivity index (χ0v) is 15.6. The van der Waals surface area contributed by atoms with Crippen LogP contribution in [0.5, 0.6) is 0 Å². The number of rotatable bonds is 7. The molecule has 25 heavy (non-hydrogen) atoms. The monoisotopic (exact) mass is 377 g/mol. The van der Waals surface area contributed by atoms with Gasteiger partial charge >= 0.3 is 0 Å². The number of carbonyl (C=O) groups is 1. The lowest BCUT2D eigenvalue weighted by atomic mass is 10.3. The molecule has 0 aliphatic rings. The Morgan fingerprint density at radius 2 is 2.32 bits per heavy atom. The third-order valence-electron chi connectivity index (χ3n) is 3.79. The number of anilines is 1. The van der Waals surface area contributed by atoms with Crippen molar-refractivity contribution in [3.8, 4) is 0 Å². The second-order valence-electron chi connectivity index (χ2n) is 5.60. The number of thioether (sulfide) groups is 1. The van der Waals surface area contributed by atoms with E-state index in [0.29, 0.717) is 22.2 Å². The van der Waals surface area contributed by atoms with Crippen molar-refractivity contribution < 1.29 is 4.79 Å². The van der Waals surface area contributed by atoms with Crippen LogP contribution < -0.4 is 10.9 Å². The quantitative estimate of drug-likeness (QED) is 0.685. The number of fused-ring (bicyclic) bond motifs is 1. The van der Waals surface area contributed by atoms with Crippen molar-refractivity contribution in [1.82, 2.24) is 19.2 Å². The first-order chi connectivity index (χ1) is 12.1. The van der Waals surface area contributed by atoms with Gasteiger partial charge in [-0.05, 0) is 13.3 Å². The van der Waals surface area contributed by atoms with Gasteiger partial charge in [0.05, 0.1) is 23.7 Å².